The van der Waals surface area contributed by atoms with Gasteiger partial charge in [0.2, 0.25) is 6.10 Å². The molecule has 2 heterocycles. The molecule has 1 fully saturated rings. The van der Waals surface area contributed by atoms with E-state index in [0.29, 0.717) is 18.5 Å². The fourth-order valence-electron chi connectivity index (χ4n) is 1.95. The minimum Gasteiger partial charge on any atom is -0.463 e. The van der Waals surface area contributed by atoms with Crippen molar-refractivity contribution in [2.24, 2.45) is 0 Å². The van der Waals surface area contributed by atoms with Crippen LogP contribution in [0.5, 0.6) is 0 Å². The van der Waals surface area contributed by atoms with Crippen LogP contribution in [0, 0.1) is 0 Å². The molecule has 1 aliphatic rings. The highest BCUT2D eigenvalue weighted by molar-refractivity contribution is 5.92. The number of nitrogens with zero attached hydrogens (tertiary/aromatic N) is 1. The Balaban J connectivity index is 1.83. The van der Waals surface area contributed by atoms with Gasteiger partial charge in [-0.1, -0.05) is 24.3 Å². The minimum atomic E-state index is -0.805. The third kappa shape index (κ3) is 2.27. The fourth-order valence-corrected chi connectivity index (χ4v) is 1.95. The summed E-state index contributed by atoms with van der Waals surface area (Å²) in [6, 6.07) is 10.9. The van der Waals surface area contributed by atoms with Crippen molar-refractivity contribution in [1.29, 1.82) is 0 Å². The molecule has 0 radical (unpaired) electrons. The van der Waals surface area contributed by atoms with Gasteiger partial charge in [0.05, 0.1) is 12.1 Å². The number of fused-ring (bicyclic) bond motifs is 1. The van der Waals surface area contributed by atoms with E-state index < -0.39 is 18.0 Å². The fraction of sp³-hybridized carbons (Fsp3) is 0.214. The third-order valence-electron chi connectivity index (χ3n) is 2.94. The van der Waals surface area contributed by atoms with Gasteiger partial charge in [0.1, 0.15) is 5.69 Å². The molecule has 0 amide bonds. The lowest BCUT2D eigenvalue weighted by atomic mass is 10.2. The zero-order chi connectivity index (χ0) is 13.2. The summed E-state index contributed by atoms with van der Waals surface area (Å²) in [6.45, 7) is 0.294. The van der Waals surface area contributed by atoms with Crippen LogP contribution in [-0.4, -0.2) is 29.6 Å². The van der Waals surface area contributed by atoms with Crippen LogP contribution in [-0.2, 0) is 14.3 Å². The molecule has 96 valence electrons. The van der Waals surface area contributed by atoms with Crippen LogP contribution in [0.1, 0.15) is 16.9 Å². The molecule has 3 rings (SSSR count). The zero-order valence-corrected chi connectivity index (χ0v) is 10.0. The molecule has 19 heavy (non-hydrogen) atoms. The number of rotatable bonds is 2. The number of cyclic esters (lactones) is 1. The van der Waals surface area contributed by atoms with Crippen LogP contribution in [0.3, 0.4) is 0 Å². The average Bonchev–Trinajstić information content (AvgIpc) is 2.84. The second-order valence-electron chi connectivity index (χ2n) is 4.24. The van der Waals surface area contributed by atoms with Crippen molar-refractivity contribution in [3.8, 4) is 0 Å². The zero-order valence-electron chi connectivity index (χ0n) is 10.0. The van der Waals surface area contributed by atoms with Crippen LogP contribution in [0.4, 0.5) is 0 Å². The average molecular weight is 257 g/mol. The monoisotopic (exact) mass is 257 g/mol. The third-order valence-corrected chi connectivity index (χ3v) is 2.94. The van der Waals surface area contributed by atoms with E-state index in [1.165, 1.54) is 0 Å². The highest BCUT2D eigenvalue weighted by Gasteiger charge is 2.30. The molecule has 0 spiro atoms. The molecule has 0 unspecified atom stereocenters. The van der Waals surface area contributed by atoms with Gasteiger partial charge in [-0.25, -0.2) is 14.6 Å². The largest absolute Gasteiger partial charge is 0.463 e. The predicted octanol–water partition coefficient (Wildman–Crippen LogP) is 1.71. The molecule has 0 aliphatic carbocycles. The number of benzene rings is 1. The van der Waals surface area contributed by atoms with Gasteiger partial charge in [-0.2, -0.15) is 0 Å². The number of pyridine rings is 1. The van der Waals surface area contributed by atoms with Crippen molar-refractivity contribution in [2.45, 2.75) is 12.5 Å². The van der Waals surface area contributed by atoms with Crippen molar-refractivity contribution in [3.63, 3.8) is 0 Å². The van der Waals surface area contributed by atoms with Gasteiger partial charge in [-0.05, 0) is 12.1 Å². The number of carbonyl (C=O) groups excluding carboxylic acids is 2. The Kier molecular flexibility index (Phi) is 2.87. The van der Waals surface area contributed by atoms with E-state index in [0.717, 1.165) is 5.39 Å². The molecule has 0 bridgehead atoms. The lowest BCUT2D eigenvalue weighted by Gasteiger charge is -2.08. The molecule has 2 aromatic rings. The second kappa shape index (κ2) is 4.68. The summed E-state index contributed by atoms with van der Waals surface area (Å²) in [4.78, 5) is 27.3. The molecule has 1 aliphatic heterocycles. The predicted molar refractivity (Wildman–Crippen MR) is 66.5 cm³/mol. The molecule has 5 nitrogen and oxygen atoms in total. The summed E-state index contributed by atoms with van der Waals surface area (Å²) in [5.41, 5.74) is 0.907. The summed E-state index contributed by atoms with van der Waals surface area (Å²) in [7, 11) is 0. The van der Waals surface area contributed by atoms with Crippen molar-refractivity contribution in [1.82, 2.24) is 4.98 Å². The number of hydrogen-bond acceptors (Lipinski definition) is 5. The molecule has 1 saturated heterocycles. The topological polar surface area (TPSA) is 65.5 Å². The SMILES string of the molecule is O=C(O[C@H]1CCOC1=O)c1ccc2ccccc2n1. The Bertz CT molecular complexity index is 653. The van der Waals surface area contributed by atoms with Crippen molar-refractivity contribution >= 4 is 22.8 Å². The van der Waals surface area contributed by atoms with Gasteiger partial charge in [0.25, 0.3) is 0 Å². The lowest BCUT2D eigenvalue weighted by Crippen LogP contribution is -2.23. The van der Waals surface area contributed by atoms with Gasteiger partial charge in [0.15, 0.2) is 0 Å². The maximum Gasteiger partial charge on any atom is 0.357 e. The minimum absolute atomic E-state index is 0.193. The standard InChI is InChI=1S/C14H11NO4/c16-13(19-12-7-8-18-14(12)17)11-6-5-9-3-1-2-4-10(9)15-11/h1-6,12H,7-8H2/t12-/m0/s1. The first-order valence-corrected chi connectivity index (χ1v) is 5.97. The molecule has 0 saturated carbocycles. The van der Waals surface area contributed by atoms with Crippen LogP contribution in [0.25, 0.3) is 10.9 Å². The van der Waals surface area contributed by atoms with Crippen LogP contribution in [0.2, 0.25) is 0 Å². The summed E-state index contributed by atoms with van der Waals surface area (Å²) in [5.74, 6) is -1.09. The first-order chi connectivity index (χ1) is 9.24. The van der Waals surface area contributed by atoms with Gasteiger partial charge in [0, 0.05) is 11.8 Å². The normalized spacial score (nSPS) is 18.3. The van der Waals surface area contributed by atoms with Gasteiger partial charge in [-0.15, -0.1) is 0 Å². The Morgan fingerprint density at radius 1 is 1.26 bits per heavy atom. The van der Waals surface area contributed by atoms with E-state index in [-0.39, 0.29) is 5.69 Å². The highest BCUT2D eigenvalue weighted by atomic mass is 16.6. The second-order valence-corrected chi connectivity index (χ2v) is 4.24. The van der Waals surface area contributed by atoms with Gasteiger partial charge in [-0.3, -0.25) is 0 Å². The maximum atomic E-state index is 11.9. The highest BCUT2D eigenvalue weighted by Crippen LogP contribution is 2.15. The van der Waals surface area contributed by atoms with E-state index in [1.807, 2.05) is 24.3 Å². The number of ether oxygens (including phenoxy) is 2. The van der Waals surface area contributed by atoms with Gasteiger partial charge >= 0.3 is 11.9 Å². The summed E-state index contributed by atoms with van der Waals surface area (Å²) in [6.07, 6.45) is -0.404. The van der Waals surface area contributed by atoms with Crippen LogP contribution in [0.15, 0.2) is 36.4 Å². The Morgan fingerprint density at radius 3 is 2.89 bits per heavy atom. The first-order valence-electron chi connectivity index (χ1n) is 5.97. The van der Waals surface area contributed by atoms with Crippen LogP contribution < -0.4 is 0 Å². The number of esters is 2. The lowest BCUT2D eigenvalue weighted by molar-refractivity contribution is -0.145. The molecular weight excluding hydrogens is 246 g/mol. The first kappa shape index (κ1) is 11.6. The number of carbonyl (C=O) groups is 2. The molecule has 1 aromatic carbocycles. The smallest absolute Gasteiger partial charge is 0.357 e. The molecule has 5 heteroatoms. The van der Waals surface area contributed by atoms with E-state index in [1.54, 1.807) is 12.1 Å². The molecular formula is C14H11NO4. The number of hydrogen-bond donors (Lipinski definition) is 0. The summed E-state index contributed by atoms with van der Waals surface area (Å²) < 4.78 is 9.82. The Hall–Kier alpha value is -2.43. The Labute approximate surface area is 109 Å². The van der Waals surface area contributed by atoms with Crippen molar-refractivity contribution in [3.05, 3.63) is 42.1 Å². The number of aromatic nitrogens is 1. The van der Waals surface area contributed by atoms with E-state index in [2.05, 4.69) is 4.98 Å². The van der Waals surface area contributed by atoms with E-state index >= 15 is 0 Å². The van der Waals surface area contributed by atoms with Crippen molar-refractivity contribution < 1.29 is 19.1 Å². The molecule has 0 N–H and O–H groups in total. The quantitative estimate of drug-likeness (QED) is 0.766. The van der Waals surface area contributed by atoms with Crippen LogP contribution >= 0.6 is 0 Å². The molecule has 1 aromatic heterocycles. The molecule has 1 atom stereocenters. The van der Waals surface area contributed by atoms with E-state index in [4.69, 9.17) is 9.47 Å². The van der Waals surface area contributed by atoms with Gasteiger partial charge < -0.3 is 9.47 Å². The van der Waals surface area contributed by atoms with Crippen molar-refractivity contribution in [2.75, 3.05) is 6.61 Å². The summed E-state index contributed by atoms with van der Waals surface area (Å²) in [5, 5.41) is 0.944. The summed E-state index contributed by atoms with van der Waals surface area (Å²) >= 11 is 0. The van der Waals surface area contributed by atoms with E-state index in [9.17, 15) is 9.59 Å². The Morgan fingerprint density at radius 2 is 2.11 bits per heavy atom. The number of para-hydroxylation sites is 1. The maximum absolute atomic E-state index is 11.9.